The van der Waals surface area contributed by atoms with Crippen LogP contribution in [0, 0.1) is 0 Å². The number of thiophene rings is 1. The van der Waals surface area contributed by atoms with Gasteiger partial charge in [0.15, 0.2) is 5.78 Å². The van der Waals surface area contributed by atoms with Gasteiger partial charge in [0.25, 0.3) is 0 Å². The number of hydrogen-bond acceptors (Lipinski definition) is 3. The van der Waals surface area contributed by atoms with Gasteiger partial charge in [-0.05, 0) is 35.5 Å². The van der Waals surface area contributed by atoms with Crippen molar-refractivity contribution in [2.75, 3.05) is 13.6 Å². The second kappa shape index (κ2) is 6.98. The Morgan fingerprint density at radius 1 is 1.32 bits per heavy atom. The zero-order valence-corrected chi connectivity index (χ0v) is 13.2. The first-order valence-corrected chi connectivity index (χ1v) is 7.88. The highest BCUT2D eigenvalue weighted by Gasteiger charge is 2.10. The van der Waals surface area contributed by atoms with Crippen molar-refractivity contribution in [1.29, 1.82) is 0 Å². The van der Waals surface area contributed by atoms with E-state index in [1.165, 1.54) is 5.56 Å². The molecule has 1 aromatic heterocycles. The molecule has 19 heavy (non-hydrogen) atoms. The van der Waals surface area contributed by atoms with Crippen LogP contribution in [0.25, 0.3) is 0 Å². The van der Waals surface area contributed by atoms with Crippen LogP contribution in [-0.2, 0) is 6.54 Å². The molecule has 0 aliphatic heterocycles. The van der Waals surface area contributed by atoms with Gasteiger partial charge in [-0.25, -0.2) is 0 Å². The number of nitrogens with zero attached hydrogens (tertiary/aromatic N) is 1. The molecule has 0 radical (unpaired) electrons. The van der Waals surface area contributed by atoms with Gasteiger partial charge in [-0.2, -0.15) is 11.3 Å². The number of benzene rings is 1. The number of carbonyl (C=O) groups excluding carboxylic acids is 1. The maximum atomic E-state index is 12.1. The summed E-state index contributed by atoms with van der Waals surface area (Å²) in [4.78, 5) is 14.3. The molecule has 4 heteroatoms. The summed E-state index contributed by atoms with van der Waals surface area (Å²) in [7, 11) is 2.05. The summed E-state index contributed by atoms with van der Waals surface area (Å²) >= 11 is 5.12. The normalized spacial score (nSPS) is 10.9. The predicted molar refractivity (Wildman–Crippen MR) is 83.7 cm³/mol. The fraction of sp³-hybridized carbons (Fsp3) is 0.267. The molecule has 0 N–H and O–H groups in total. The molecule has 2 aromatic rings. The van der Waals surface area contributed by atoms with Gasteiger partial charge in [-0.1, -0.05) is 34.1 Å². The van der Waals surface area contributed by atoms with Gasteiger partial charge >= 0.3 is 0 Å². The zero-order chi connectivity index (χ0) is 13.7. The van der Waals surface area contributed by atoms with E-state index < -0.39 is 0 Å². The Labute approximate surface area is 126 Å². The molecular weight excluding hydrogens is 322 g/mol. The van der Waals surface area contributed by atoms with E-state index in [1.54, 1.807) is 11.3 Å². The molecule has 100 valence electrons. The first-order valence-electron chi connectivity index (χ1n) is 6.14. The van der Waals surface area contributed by atoms with Gasteiger partial charge in [0, 0.05) is 29.5 Å². The highest BCUT2D eigenvalue weighted by Crippen LogP contribution is 2.17. The molecule has 1 heterocycles. The smallest absolute Gasteiger partial charge is 0.165 e. The van der Waals surface area contributed by atoms with Crippen LogP contribution in [0.15, 0.2) is 45.6 Å². The molecule has 2 rings (SSSR count). The maximum Gasteiger partial charge on any atom is 0.165 e. The molecule has 0 atom stereocenters. The van der Waals surface area contributed by atoms with Gasteiger partial charge in [0.05, 0.1) is 0 Å². The lowest BCUT2D eigenvalue weighted by atomic mass is 10.1. The molecule has 0 aliphatic rings. The molecule has 0 saturated heterocycles. The lowest BCUT2D eigenvalue weighted by Gasteiger charge is -2.15. The van der Waals surface area contributed by atoms with E-state index in [-0.39, 0.29) is 5.78 Å². The molecular formula is C15H16BrNOS. The minimum atomic E-state index is 0.185. The number of ketones is 1. The van der Waals surface area contributed by atoms with Crippen molar-refractivity contribution in [3.63, 3.8) is 0 Å². The van der Waals surface area contributed by atoms with E-state index in [0.29, 0.717) is 6.42 Å². The van der Waals surface area contributed by atoms with Crippen molar-refractivity contribution < 1.29 is 4.79 Å². The topological polar surface area (TPSA) is 20.3 Å². The summed E-state index contributed by atoms with van der Waals surface area (Å²) < 4.78 is 0.875. The molecule has 0 amide bonds. The molecule has 0 bridgehead atoms. The van der Waals surface area contributed by atoms with Crippen LogP contribution in [0.4, 0.5) is 0 Å². The summed E-state index contributed by atoms with van der Waals surface area (Å²) in [5.74, 6) is 0.185. The van der Waals surface area contributed by atoms with Gasteiger partial charge in [-0.15, -0.1) is 0 Å². The van der Waals surface area contributed by atoms with Gasteiger partial charge in [-0.3, -0.25) is 4.79 Å². The van der Waals surface area contributed by atoms with E-state index in [9.17, 15) is 4.79 Å². The van der Waals surface area contributed by atoms with Crippen molar-refractivity contribution in [2.24, 2.45) is 0 Å². The Balaban J connectivity index is 1.85. The Morgan fingerprint density at radius 3 is 2.79 bits per heavy atom. The summed E-state index contributed by atoms with van der Waals surface area (Å²) in [6.07, 6.45) is 0.545. The lowest BCUT2D eigenvalue weighted by Crippen LogP contribution is -2.21. The number of carbonyl (C=O) groups is 1. The summed E-state index contributed by atoms with van der Waals surface area (Å²) in [5.41, 5.74) is 2.08. The Morgan fingerprint density at radius 2 is 2.11 bits per heavy atom. The lowest BCUT2D eigenvalue weighted by molar-refractivity contribution is 0.0967. The van der Waals surface area contributed by atoms with Gasteiger partial charge in [0.2, 0.25) is 0 Å². The van der Waals surface area contributed by atoms with Crippen molar-refractivity contribution in [3.8, 4) is 0 Å². The van der Waals surface area contributed by atoms with E-state index in [0.717, 1.165) is 23.1 Å². The average molecular weight is 338 g/mol. The fourth-order valence-corrected chi connectivity index (χ4v) is 3.05. The maximum absolute atomic E-state index is 12.1. The quantitative estimate of drug-likeness (QED) is 0.735. The fourth-order valence-electron chi connectivity index (χ4n) is 1.89. The summed E-state index contributed by atoms with van der Waals surface area (Å²) in [6.45, 7) is 1.67. The molecule has 0 fully saturated rings. The second-order valence-electron chi connectivity index (χ2n) is 4.52. The summed E-state index contributed by atoms with van der Waals surface area (Å²) in [6, 6.07) is 9.71. The largest absolute Gasteiger partial charge is 0.302 e. The zero-order valence-electron chi connectivity index (χ0n) is 10.8. The first kappa shape index (κ1) is 14.4. The number of rotatable bonds is 6. The first-order chi connectivity index (χ1) is 9.16. The monoisotopic (exact) mass is 337 g/mol. The van der Waals surface area contributed by atoms with Gasteiger partial charge < -0.3 is 4.90 Å². The number of Topliss-reactive ketones (excluding diaryl/α,β-unsaturated/α-hetero) is 1. The van der Waals surface area contributed by atoms with Crippen LogP contribution in [-0.4, -0.2) is 24.3 Å². The SMILES string of the molecule is CN(CCC(=O)c1ccccc1Br)Cc1ccsc1. The molecule has 0 unspecified atom stereocenters. The Kier molecular flexibility index (Phi) is 5.31. The van der Waals surface area contributed by atoms with Crippen LogP contribution >= 0.6 is 27.3 Å². The van der Waals surface area contributed by atoms with Crippen LogP contribution < -0.4 is 0 Å². The third-order valence-corrected chi connectivity index (χ3v) is 4.35. The highest BCUT2D eigenvalue weighted by atomic mass is 79.9. The predicted octanol–water partition coefficient (Wildman–Crippen LogP) is 4.22. The van der Waals surface area contributed by atoms with Crippen LogP contribution in [0.2, 0.25) is 0 Å². The van der Waals surface area contributed by atoms with Crippen LogP contribution in [0.5, 0.6) is 0 Å². The van der Waals surface area contributed by atoms with E-state index >= 15 is 0 Å². The minimum Gasteiger partial charge on any atom is -0.302 e. The summed E-state index contributed by atoms with van der Waals surface area (Å²) in [5, 5.41) is 4.22. The van der Waals surface area contributed by atoms with E-state index in [4.69, 9.17) is 0 Å². The number of hydrogen-bond donors (Lipinski definition) is 0. The second-order valence-corrected chi connectivity index (χ2v) is 6.16. The van der Waals surface area contributed by atoms with E-state index in [1.807, 2.05) is 31.3 Å². The molecule has 0 aliphatic carbocycles. The third-order valence-electron chi connectivity index (χ3n) is 2.93. The molecule has 2 nitrogen and oxygen atoms in total. The highest BCUT2D eigenvalue weighted by molar-refractivity contribution is 9.10. The van der Waals surface area contributed by atoms with Gasteiger partial charge in [0.1, 0.15) is 0 Å². The van der Waals surface area contributed by atoms with Crippen molar-refractivity contribution in [2.45, 2.75) is 13.0 Å². The van der Waals surface area contributed by atoms with Crippen LogP contribution in [0.1, 0.15) is 22.3 Å². The molecule has 0 saturated carbocycles. The standard InChI is InChI=1S/C15H16BrNOS/c1-17(10-12-7-9-19-11-12)8-6-15(18)13-4-2-3-5-14(13)16/h2-5,7,9,11H,6,8,10H2,1H3. The van der Waals surface area contributed by atoms with Crippen molar-refractivity contribution >= 4 is 33.0 Å². The third kappa shape index (κ3) is 4.27. The Hall–Kier alpha value is -0.970. The Bertz CT molecular complexity index is 539. The van der Waals surface area contributed by atoms with Crippen LogP contribution in [0.3, 0.4) is 0 Å². The van der Waals surface area contributed by atoms with Crippen molar-refractivity contribution in [1.82, 2.24) is 4.90 Å². The van der Waals surface area contributed by atoms with E-state index in [2.05, 4.69) is 37.7 Å². The molecule has 1 aromatic carbocycles. The number of halogens is 1. The average Bonchev–Trinajstić information content (AvgIpc) is 2.89. The van der Waals surface area contributed by atoms with Crippen molar-refractivity contribution in [3.05, 3.63) is 56.7 Å². The minimum absolute atomic E-state index is 0.185. The molecule has 0 spiro atoms.